The van der Waals surface area contributed by atoms with E-state index < -0.39 is 11.7 Å². The van der Waals surface area contributed by atoms with Crippen molar-refractivity contribution < 1.29 is 13.2 Å². The van der Waals surface area contributed by atoms with Gasteiger partial charge in [-0.25, -0.2) is 9.97 Å². The number of hydrogen-bond donors (Lipinski definition) is 2. The number of hydrogen-bond acceptors (Lipinski definition) is 5. The number of rotatable bonds is 4. The third-order valence-corrected chi connectivity index (χ3v) is 5.45. The van der Waals surface area contributed by atoms with Gasteiger partial charge in [0, 0.05) is 12.1 Å². The lowest BCUT2D eigenvalue weighted by Crippen LogP contribution is -2.13. The van der Waals surface area contributed by atoms with Crippen LogP contribution in [0.1, 0.15) is 59.4 Å². The molecule has 0 bridgehead atoms. The number of anilines is 2. The average molecular weight is 389 g/mol. The third kappa shape index (κ3) is 2.83. The van der Waals surface area contributed by atoms with E-state index in [-0.39, 0.29) is 23.6 Å². The normalized spacial score (nSPS) is 19.1. The van der Waals surface area contributed by atoms with Gasteiger partial charge in [0.2, 0.25) is 5.95 Å². The van der Waals surface area contributed by atoms with E-state index in [1.807, 2.05) is 17.8 Å². The van der Waals surface area contributed by atoms with Crippen LogP contribution in [-0.2, 0) is 12.6 Å². The summed E-state index contributed by atoms with van der Waals surface area (Å²) in [6.45, 7) is 1.91. The summed E-state index contributed by atoms with van der Waals surface area (Å²) in [6.07, 6.45) is 3.23. The molecule has 3 aromatic heterocycles. The summed E-state index contributed by atoms with van der Waals surface area (Å²) in [5.41, 5.74) is 3.12. The van der Waals surface area contributed by atoms with Crippen molar-refractivity contribution in [2.24, 2.45) is 0 Å². The van der Waals surface area contributed by atoms with Gasteiger partial charge < -0.3 is 5.32 Å². The molecule has 1 saturated carbocycles. The Hall–Kier alpha value is -2.91. The molecule has 2 N–H and O–H groups in total. The van der Waals surface area contributed by atoms with Gasteiger partial charge in [0.25, 0.3) is 0 Å². The van der Waals surface area contributed by atoms with Gasteiger partial charge in [-0.15, -0.1) is 0 Å². The Morgan fingerprint density at radius 3 is 2.75 bits per heavy atom. The molecule has 2 aliphatic carbocycles. The zero-order valence-electron chi connectivity index (χ0n) is 15.1. The van der Waals surface area contributed by atoms with Crippen LogP contribution in [0.2, 0.25) is 0 Å². The molecule has 3 heterocycles. The van der Waals surface area contributed by atoms with Crippen molar-refractivity contribution in [3.8, 4) is 0 Å². The SMILES string of the molecule is Cc1c(Nc2ncc(C(F)(F)F)c(C3CC3)n2)cnn1[C@H]1CCc2cn[nH]c21. The number of aryl methyl sites for hydroxylation is 1. The van der Waals surface area contributed by atoms with E-state index >= 15 is 0 Å². The molecule has 1 fully saturated rings. The fourth-order valence-electron chi connectivity index (χ4n) is 3.81. The van der Waals surface area contributed by atoms with Crippen LogP contribution in [0, 0.1) is 6.92 Å². The van der Waals surface area contributed by atoms with Crippen molar-refractivity contribution in [3.05, 3.63) is 46.8 Å². The topological polar surface area (TPSA) is 84.3 Å². The number of alkyl halides is 3. The van der Waals surface area contributed by atoms with Crippen LogP contribution in [0.25, 0.3) is 0 Å². The second-order valence-corrected chi connectivity index (χ2v) is 7.34. The Labute approximate surface area is 158 Å². The minimum atomic E-state index is -4.44. The molecule has 10 heteroatoms. The van der Waals surface area contributed by atoms with Crippen LogP contribution < -0.4 is 5.32 Å². The molecule has 0 saturated heterocycles. The third-order valence-electron chi connectivity index (χ3n) is 5.45. The minimum Gasteiger partial charge on any atom is -0.321 e. The highest BCUT2D eigenvalue weighted by atomic mass is 19.4. The zero-order valence-corrected chi connectivity index (χ0v) is 15.1. The van der Waals surface area contributed by atoms with Gasteiger partial charge >= 0.3 is 6.18 Å². The van der Waals surface area contributed by atoms with Crippen LogP contribution in [-0.4, -0.2) is 29.9 Å². The van der Waals surface area contributed by atoms with Gasteiger partial charge in [0.1, 0.15) is 0 Å². The van der Waals surface area contributed by atoms with E-state index in [0.29, 0.717) is 5.69 Å². The summed E-state index contributed by atoms with van der Waals surface area (Å²) < 4.78 is 41.5. The molecule has 0 spiro atoms. The number of H-pyrrole nitrogens is 1. The molecule has 0 radical (unpaired) electrons. The van der Waals surface area contributed by atoms with E-state index in [1.54, 1.807) is 6.20 Å². The molecular formula is C18H18F3N7. The first-order valence-corrected chi connectivity index (χ1v) is 9.19. The predicted octanol–water partition coefficient (Wildman–Crippen LogP) is 3.88. The van der Waals surface area contributed by atoms with Crippen molar-refractivity contribution in [3.63, 3.8) is 0 Å². The molecule has 0 aromatic carbocycles. The highest BCUT2D eigenvalue weighted by Crippen LogP contribution is 2.45. The number of halogens is 3. The quantitative estimate of drug-likeness (QED) is 0.707. The molecule has 5 rings (SSSR count). The lowest BCUT2D eigenvalue weighted by molar-refractivity contribution is -0.138. The fourth-order valence-corrected chi connectivity index (χ4v) is 3.81. The summed E-state index contributed by atoms with van der Waals surface area (Å²) in [7, 11) is 0. The lowest BCUT2D eigenvalue weighted by atomic mass is 10.1. The highest BCUT2D eigenvalue weighted by Gasteiger charge is 2.40. The molecule has 0 aliphatic heterocycles. The van der Waals surface area contributed by atoms with E-state index in [9.17, 15) is 13.2 Å². The van der Waals surface area contributed by atoms with E-state index in [2.05, 4.69) is 30.6 Å². The number of fused-ring (bicyclic) bond motifs is 1. The van der Waals surface area contributed by atoms with Gasteiger partial charge in [-0.2, -0.15) is 23.4 Å². The van der Waals surface area contributed by atoms with Crippen LogP contribution in [0.4, 0.5) is 24.8 Å². The molecule has 0 unspecified atom stereocenters. The van der Waals surface area contributed by atoms with E-state index in [0.717, 1.165) is 43.3 Å². The molecule has 2 aliphatic rings. The fraction of sp³-hybridized carbons (Fsp3) is 0.444. The second kappa shape index (κ2) is 6.05. The first kappa shape index (κ1) is 17.2. The molecule has 1 atom stereocenters. The maximum absolute atomic E-state index is 13.2. The summed E-state index contributed by atoms with van der Waals surface area (Å²) in [6, 6.07) is 0.0728. The number of nitrogens with zero attached hydrogens (tertiary/aromatic N) is 5. The number of aromatic nitrogens is 6. The van der Waals surface area contributed by atoms with Gasteiger partial charge in [-0.05, 0) is 38.2 Å². The zero-order chi connectivity index (χ0) is 19.5. The standard InChI is InChI=1S/C18H18F3N7/c1-9-13(8-24-28(9)14-5-4-11-6-23-27-16(11)14)25-17-22-7-12(18(19,20)21)15(26-17)10-2-3-10/h6-8,10,14H,2-5H2,1H3,(H,23,27)(H,22,25,26)/t14-/m0/s1. The van der Waals surface area contributed by atoms with Crippen molar-refractivity contribution in [1.29, 1.82) is 0 Å². The summed E-state index contributed by atoms with van der Waals surface area (Å²) in [5, 5.41) is 14.6. The summed E-state index contributed by atoms with van der Waals surface area (Å²) >= 11 is 0. The highest BCUT2D eigenvalue weighted by molar-refractivity contribution is 5.56. The first-order chi connectivity index (χ1) is 13.4. The number of aromatic amines is 1. The minimum absolute atomic E-state index is 0.0728. The molecule has 3 aromatic rings. The van der Waals surface area contributed by atoms with E-state index in [1.165, 1.54) is 5.56 Å². The Balaban J connectivity index is 1.43. The van der Waals surface area contributed by atoms with Crippen molar-refractivity contribution in [2.45, 2.75) is 50.7 Å². The first-order valence-electron chi connectivity index (χ1n) is 9.19. The number of nitrogens with one attached hydrogen (secondary N) is 2. The van der Waals surface area contributed by atoms with Gasteiger partial charge in [0.05, 0.1) is 46.8 Å². The average Bonchev–Trinajstić information content (AvgIpc) is 3.11. The molecule has 146 valence electrons. The van der Waals surface area contributed by atoms with Crippen LogP contribution in [0.15, 0.2) is 18.6 Å². The van der Waals surface area contributed by atoms with E-state index in [4.69, 9.17) is 0 Å². The Morgan fingerprint density at radius 1 is 1.18 bits per heavy atom. The molecule has 7 nitrogen and oxygen atoms in total. The maximum atomic E-state index is 13.2. The maximum Gasteiger partial charge on any atom is 0.419 e. The molecule has 28 heavy (non-hydrogen) atoms. The Morgan fingerprint density at radius 2 is 2.00 bits per heavy atom. The predicted molar refractivity (Wildman–Crippen MR) is 94.3 cm³/mol. The largest absolute Gasteiger partial charge is 0.419 e. The summed E-state index contributed by atoms with van der Waals surface area (Å²) in [5.74, 6) is 0.0208. The van der Waals surface area contributed by atoms with Gasteiger partial charge in [0.15, 0.2) is 0 Å². The van der Waals surface area contributed by atoms with Crippen LogP contribution >= 0.6 is 0 Å². The summed E-state index contributed by atoms with van der Waals surface area (Å²) in [4.78, 5) is 8.07. The smallest absolute Gasteiger partial charge is 0.321 e. The van der Waals surface area contributed by atoms with Crippen LogP contribution in [0.5, 0.6) is 0 Å². The Bertz CT molecular complexity index is 1030. The van der Waals surface area contributed by atoms with Gasteiger partial charge in [-0.1, -0.05) is 0 Å². The molecule has 0 amide bonds. The lowest BCUT2D eigenvalue weighted by Gasteiger charge is -2.14. The second-order valence-electron chi connectivity index (χ2n) is 7.34. The monoisotopic (exact) mass is 389 g/mol. The molecular weight excluding hydrogens is 371 g/mol. The van der Waals surface area contributed by atoms with Gasteiger partial charge in [-0.3, -0.25) is 9.78 Å². The van der Waals surface area contributed by atoms with Crippen molar-refractivity contribution in [2.75, 3.05) is 5.32 Å². The van der Waals surface area contributed by atoms with Crippen molar-refractivity contribution in [1.82, 2.24) is 29.9 Å². The Kier molecular flexibility index (Phi) is 3.72. The van der Waals surface area contributed by atoms with Crippen molar-refractivity contribution >= 4 is 11.6 Å². The van der Waals surface area contributed by atoms with Crippen LogP contribution in [0.3, 0.4) is 0 Å².